The number of carbonyl (C=O) groups excluding carboxylic acids is 1. The zero-order valence-electron chi connectivity index (χ0n) is 15.8. The largest absolute Gasteiger partial charge is 0.402 e. The number of rotatable bonds is 3. The fourth-order valence-corrected chi connectivity index (χ4v) is 3.03. The van der Waals surface area contributed by atoms with Crippen LogP contribution in [0, 0.1) is 20.8 Å². The lowest BCUT2D eigenvalue weighted by atomic mass is 10.1. The van der Waals surface area contributed by atoms with E-state index < -0.39 is 5.97 Å². The molecule has 0 saturated heterocycles. The van der Waals surface area contributed by atoms with E-state index in [-0.39, 0.29) is 17.2 Å². The van der Waals surface area contributed by atoms with Crippen LogP contribution in [0.4, 0.5) is 0 Å². The van der Waals surface area contributed by atoms with Crippen molar-refractivity contribution in [3.05, 3.63) is 92.5 Å². The van der Waals surface area contributed by atoms with Gasteiger partial charge in [-0.2, -0.15) is 0 Å². The number of nitrogens with one attached hydrogen (secondary N) is 1. The van der Waals surface area contributed by atoms with Gasteiger partial charge in [-0.25, -0.2) is 14.5 Å². The normalized spacial score (nSPS) is 15.0. The van der Waals surface area contributed by atoms with Crippen LogP contribution >= 0.6 is 0 Å². The SMILES string of the molecule is Cc1ccc(-n2[nH]c(C)c(/C=C3\N=C(c4ccccc4)OC3=O)c2=O)cc1C. The van der Waals surface area contributed by atoms with Crippen molar-refractivity contribution in [3.8, 4) is 5.69 Å². The Hall–Kier alpha value is -3.67. The van der Waals surface area contributed by atoms with Crippen molar-refractivity contribution in [2.24, 2.45) is 4.99 Å². The van der Waals surface area contributed by atoms with E-state index in [0.717, 1.165) is 16.8 Å². The molecule has 0 atom stereocenters. The van der Waals surface area contributed by atoms with E-state index >= 15 is 0 Å². The monoisotopic (exact) mass is 373 g/mol. The summed E-state index contributed by atoms with van der Waals surface area (Å²) in [7, 11) is 0. The zero-order chi connectivity index (χ0) is 19.8. The number of aryl methyl sites for hydroxylation is 3. The van der Waals surface area contributed by atoms with Crippen molar-refractivity contribution < 1.29 is 9.53 Å². The minimum Gasteiger partial charge on any atom is -0.402 e. The first-order valence-corrected chi connectivity index (χ1v) is 8.91. The van der Waals surface area contributed by atoms with Crippen molar-refractivity contribution in [2.45, 2.75) is 20.8 Å². The highest BCUT2D eigenvalue weighted by Gasteiger charge is 2.25. The van der Waals surface area contributed by atoms with Crippen molar-refractivity contribution in [1.29, 1.82) is 0 Å². The fraction of sp³-hybridized carbons (Fsp3) is 0.136. The molecule has 6 heteroatoms. The molecule has 4 rings (SSSR count). The van der Waals surface area contributed by atoms with E-state index in [1.807, 2.05) is 62.4 Å². The molecule has 0 spiro atoms. The van der Waals surface area contributed by atoms with Crippen LogP contribution in [0.5, 0.6) is 0 Å². The number of carbonyl (C=O) groups is 1. The van der Waals surface area contributed by atoms with Crippen LogP contribution in [-0.4, -0.2) is 21.6 Å². The van der Waals surface area contributed by atoms with Crippen LogP contribution < -0.4 is 5.56 Å². The number of benzene rings is 2. The third-order valence-corrected chi connectivity index (χ3v) is 4.79. The smallest absolute Gasteiger partial charge is 0.363 e. The molecule has 2 aromatic carbocycles. The Balaban J connectivity index is 1.75. The zero-order valence-corrected chi connectivity index (χ0v) is 15.8. The second kappa shape index (κ2) is 6.81. The molecule has 3 aromatic rings. The number of aromatic nitrogens is 2. The first kappa shape index (κ1) is 17.7. The number of cyclic esters (lactones) is 1. The van der Waals surface area contributed by atoms with E-state index in [4.69, 9.17) is 4.74 Å². The molecule has 0 bridgehead atoms. The Morgan fingerprint density at radius 3 is 2.46 bits per heavy atom. The molecule has 1 N–H and O–H groups in total. The summed E-state index contributed by atoms with van der Waals surface area (Å²) in [4.78, 5) is 29.4. The van der Waals surface area contributed by atoms with Gasteiger partial charge in [0.15, 0.2) is 5.70 Å². The van der Waals surface area contributed by atoms with Gasteiger partial charge in [0.1, 0.15) is 0 Å². The van der Waals surface area contributed by atoms with Crippen LogP contribution in [-0.2, 0) is 9.53 Å². The lowest BCUT2D eigenvalue weighted by molar-refractivity contribution is -0.129. The summed E-state index contributed by atoms with van der Waals surface area (Å²) >= 11 is 0. The quantitative estimate of drug-likeness (QED) is 0.564. The van der Waals surface area contributed by atoms with Gasteiger partial charge in [0.2, 0.25) is 5.90 Å². The summed E-state index contributed by atoms with van der Waals surface area (Å²) in [5.74, 6) is -0.337. The molecule has 28 heavy (non-hydrogen) atoms. The second-order valence-electron chi connectivity index (χ2n) is 6.76. The molecule has 1 aliphatic heterocycles. The van der Waals surface area contributed by atoms with Gasteiger partial charge in [0.25, 0.3) is 5.56 Å². The molecule has 1 aliphatic rings. The fourth-order valence-electron chi connectivity index (χ4n) is 3.03. The summed E-state index contributed by atoms with van der Waals surface area (Å²) in [6, 6.07) is 15.0. The van der Waals surface area contributed by atoms with E-state index in [2.05, 4.69) is 10.1 Å². The highest BCUT2D eigenvalue weighted by molar-refractivity contribution is 6.12. The van der Waals surface area contributed by atoms with Crippen molar-refractivity contribution >= 4 is 17.9 Å². The van der Waals surface area contributed by atoms with Gasteiger partial charge in [-0.1, -0.05) is 24.3 Å². The lowest BCUT2D eigenvalue weighted by Crippen LogP contribution is -2.16. The summed E-state index contributed by atoms with van der Waals surface area (Å²) in [6.07, 6.45) is 1.48. The molecule has 0 amide bonds. The molecule has 0 saturated carbocycles. The van der Waals surface area contributed by atoms with Crippen LogP contribution in [0.25, 0.3) is 11.8 Å². The Bertz CT molecular complexity index is 1200. The summed E-state index contributed by atoms with van der Waals surface area (Å²) in [5.41, 5.74) is 4.57. The van der Waals surface area contributed by atoms with Crippen LogP contribution in [0.2, 0.25) is 0 Å². The molecule has 0 aliphatic carbocycles. The number of aromatic amines is 1. The van der Waals surface area contributed by atoms with Gasteiger partial charge in [-0.3, -0.25) is 9.89 Å². The predicted octanol–water partition coefficient (Wildman–Crippen LogP) is 3.44. The van der Waals surface area contributed by atoms with E-state index in [1.54, 1.807) is 6.92 Å². The third-order valence-electron chi connectivity index (χ3n) is 4.79. The summed E-state index contributed by atoms with van der Waals surface area (Å²) in [6.45, 7) is 5.80. The van der Waals surface area contributed by atoms with E-state index in [9.17, 15) is 9.59 Å². The molecular weight excluding hydrogens is 354 g/mol. The molecule has 6 nitrogen and oxygen atoms in total. The number of aliphatic imine (C=N–C) groups is 1. The third kappa shape index (κ3) is 3.09. The maximum Gasteiger partial charge on any atom is 0.363 e. The maximum absolute atomic E-state index is 12.9. The first-order chi connectivity index (χ1) is 13.4. The van der Waals surface area contributed by atoms with Gasteiger partial charge in [0.05, 0.1) is 11.3 Å². The Labute approximate surface area is 161 Å². The minimum atomic E-state index is -0.573. The van der Waals surface area contributed by atoms with Gasteiger partial charge < -0.3 is 4.74 Å². The number of esters is 1. The van der Waals surface area contributed by atoms with Crippen molar-refractivity contribution in [3.63, 3.8) is 0 Å². The first-order valence-electron chi connectivity index (χ1n) is 8.91. The lowest BCUT2D eigenvalue weighted by Gasteiger charge is -2.05. The average Bonchev–Trinajstić information content (AvgIpc) is 3.19. The molecule has 0 fully saturated rings. The number of ether oxygens (including phenoxy) is 1. The number of hydrogen-bond donors (Lipinski definition) is 1. The Morgan fingerprint density at radius 1 is 1.00 bits per heavy atom. The summed E-state index contributed by atoms with van der Waals surface area (Å²) < 4.78 is 6.72. The maximum atomic E-state index is 12.9. The molecule has 2 heterocycles. The predicted molar refractivity (Wildman–Crippen MR) is 108 cm³/mol. The molecule has 0 radical (unpaired) electrons. The molecule has 1 aromatic heterocycles. The molecule has 0 unspecified atom stereocenters. The second-order valence-corrected chi connectivity index (χ2v) is 6.76. The Morgan fingerprint density at radius 2 is 1.75 bits per heavy atom. The van der Waals surface area contributed by atoms with Crippen LogP contribution in [0.3, 0.4) is 0 Å². The van der Waals surface area contributed by atoms with Crippen molar-refractivity contribution in [2.75, 3.05) is 0 Å². The van der Waals surface area contributed by atoms with E-state index in [1.165, 1.54) is 10.8 Å². The van der Waals surface area contributed by atoms with E-state index in [0.29, 0.717) is 16.8 Å². The standard InChI is InChI=1S/C22H19N3O3/c1-13-9-10-17(11-14(13)2)25-21(26)18(15(3)24-25)12-19-22(27)28-20(23-19)16-7-5-4-6-8-16/h4-12,24H,1-3H3/b19-12-. The Kier molecular flexibility index (Phi) is 4.31. The van der Waals surface area contributed by atoms with Crippen molar-refractivity contribution in [1.82, 2.24) is 9.78 Å². The number of hydrogen-bond acceptors (Lipinski definition) is 4. The minimum absolute atomic E-state index is 0.102. The van der Waals surface area contributed by atoms with Crippen LogP contribution in [0.15, 0.2) is 64.0 Å². The van der Waals surface area contributed by atoms with Gasteiger partial charge in [-0.05, 0) is 62.2 Å². The van der Waals surface area contributed by atoms with Crippen LogP contribution in [0.1, 0.15) is 27.9 Å². The molecule has 140 valence electrons. The summed E-state index contributed by atoms with van der Waals surface area (Å²) in [5, 5.41) is 3.07. The van der Waals surface area contributed by atoms with Gasteiger partial charge in [-0.15, -0.1) is 0 Å². The van der Waals surface area contributed by atoms with Gasteiger partial charge >= 0.3 is 5.97 Å². The highest BCUT2D eigenvalue weighted by Crippen LogP contribution is 2.20. The topological polar surface area (TPSA) is 76.5 Å². The highest BCUT2D eigenvalue weighted by atomic mass is 16.6. The number of H-pyrrole nitrogens is 1. The van der Waals surface area contributed by atoms with Gasteiger partial charge in [0, 0.05) is 11.3 Å². The number of nitrogens with zero attached hydrogens (tertiary/aromatic N) is 2. The average molecular weight is 373 g/mol. The molecular formula is C22H19N3O3.